The van der Waals surface area contributed by atoms with Gasteiger partial charge in [0, 0.05) is 0 Å². The zero-order chi connectivity index (χ0) is 0. The molecular weight excluding hydrogens is 402 g/mol. The van der Waals surface area contributed by atoms with Crippen LogP contribution in [0.1, 0.15) is 0 Å². The fourth-order valence-corrected chi connectivity index (χ4v) is 0. The van der Waals surface area contributed by atoms with Crippen molar-refractivity contribution in [2.45, 2.75) is 0 Å². The third-order valence-electron chi connectivity index (χ3n) is 0. The van der Waals surface area contributed by atoms with Gasteiger partial charge in [0.1, 0.15) is 0 Å². The van der Waals surface area contributed by atoms with Crippen LogP contribution in [-0.4, -0.2) is 0 Å². The van der Waals surface area contributed by atoms with Crippen LogP contribution in [0.25, 0.3) is 61.5 Å². The van der Waals surface area contributed by atoms with Crippen molar-refractivity contribution in [2.75, 3.05) is 0 Å². The maximum atomic E-state index is 0. The van der Waals surface area contributed by atoms with E-state index >= 15 is 0 Å². The monoisotopic (exact) mass is 420 g/mol. The minimum Gasteiger partial charge on any atom is -2.00 e. The van der Waals surface area contributed by atoms with E-state index < -0.39 is 0 Å². The topological polar surface area (TPSA) is 364 Å². The first-order chi connectivity index (χ1) is 0. The van der Waals surface area contributed by atoms with Gasteiger partial charge < -0.3 is 117 Å². The summed E-state index contributed by atoms with van der Waals surface area (Å²) in [7, 11) is 0. The van der Waals surface area contributed by atoms with Gasteiger partial charge >= 0.3 is 34.7 Å². The van der Waals surface area contributed by atoms with Gasteiger partial charge in [-0.05, 0) is 0 Å². The average Bonchev–Trinajstić information content (AvgIpc) is 0. The molecule has 0 bridgehead atoms. The Balaban J connectivity index is 0. The molecule has 0 unspecified atom stereocenters. The molecule has 0 atom stereocenters. The fraction of sp³-hybridized carbons (Fsp3) is 0. The molecule has 17 heavy (non-hydrogen) atoms. The molecule has 0 heterocycles. The third kappa shape index (κ3) is 1390. The van der Waals surface area contributed by atoms with Gasteiger partial charge in [0.25, 0.3) is 0 Å². The summed E-state index contributed by atoms with van der Waals surface area (Å²) in [5.74, 6) is 0. The first-order valence-corrected chi connectivity index (χ1v) is 0. The van der Waals surface area contributed by atoms with Crippen molar-refractivity contribution in [2.24, 2.45) is 0 Å². The van der Waals surface area contributed by atoms with E-state index in [0.29, 0.717) is 0 Å². The second-order valence-electron chi connectivity index (χ2n) is 0. The molecule has 0 aliphatic carbocycles. The van der Waals surface area contributed by atoms with Crippen LogP contribution in [0.15, 0.2) is 0 Å². The summed E-state index contributed by atoms with van der Waals surface area (Å²) < 4.78 is 0. The first kappa shape index (κ1) is 1860. The zero-order valence-electron chi connectivity index (χ0n) is 8.51. The zero-order valence-corrected chi connectivity index (χ0v) is 14.1. The number of nitrogens with two attached hydrogens (primary N) is 10. The van der Waals surface area contributed by atoms with Crippen LogP contribution in [0.5, 0.6) is 0 Å². The Morgan fingerprint density at radius 2 is 0.235 bits per heavy atom. The molecule has 0 amide bonds. The van der Waals surface area contributed by atoms with Crippen molar-refractivity contribution >= 4 is 0 Å². The van der Waals surface area contributed by atoms with E-state index in [-0.39, 0.29) is 151 Å². The molecule has 0 aliphatic heterocycles. The van der Waals surface area contributed by atoms with Gasteiger partial charge in [0.2, 0.25) is 0 Å². The van der Waals surface area contributed by atoms with Crippen LogP contribution in [-0.2, 0) is 40.2 Å². The molecular formula is H20Cl4Cr2N10O-10. The van der Waals surface area contributed by atoms with Crippen LogP contribution >= 0.6 is 0 Å². The predicted molar refractivity (Wildman–Crippen MR) is 53.5 cm³/mol. The summed E-state index contributed by atoms with van der Waals surface area (Å²) in [6.45, 7) is 0. The Kier molecular flexibility index (Phi) is 173000. The summed E-state index contributed by atoms with van der Waals surface area (Å²) in [5.41, 5.74) is 0. The number of hydrogen-bond donors (Lipinski definition) is 0. The van der Waals surface area contributed by atoms with E-state index in [1.54, 1.807) is 0 Å². The number of hydrogen-bond acceptors (Lipinski definition) is 0. The second-order valence-corrected chi connectivity index (χ2v) is 0. The molecule has 11 nitrogen and oxygen atoms in total. The molecule has 0 saturated carbocycles. The molecule has 126 valence electrons. The van der Waals surface area contributed by atoms with Crippen molar-refractivity contribution in [3.63, 3.8) is 0 Å². The van der Waals surface area contributed by atoms with Crippen molar-refractivity contribution < 1.29 is 89.8 Å². The number of rotatable bonds is 0. The Morgan fingerprint density at radius 3 is 0.235 bits per heavy atom. The first-order valence-electron chi connectivity index (χ1n) is 0. The van der Waals surface area contributed by atoms with Gasteiger partial charge in [0.05, 0.1) is 0 Å². The van der Waals surface area contributed by atoms with E-state index in [2.05, 4.69) is 0 Å². The standard InChI is InChI=1S/4ClH.2Cr.10H2N.O/h4*1H;;;10*1H2;/q;;;;2*+3;10*-1;-2/p-4. The molecule has 0 spiro atoms. The van der Waals surface area contributed by atoms with Gasteiger partial charge in [-0.1, -0.05) is 0 Å². The Labute approximate surface area is 151 Å². The molecule has 0 aromatic heterocycles. The molecule has 17 heteroatoms. The van der Waals surface area contributed by atoms with Gasteiger partial charge in [-0.2, -0.15) is 0 Å². The molecule has 0 saturated heterocycles. The second kappa shape index (κ2) is 1570. The van der Waals surface area contributed by atoms with E-state index in [9.17, 15) is 0 Å². The maximum absolute atomic E-state index is 0. The quantitative estimate of drug-likeness (QED) is 0.354. The van der Waals surface area contributed by atoms with Gasteiger partial charge in [-0.15, -0.1) is 0 Å². The molecule has 0 aromatic rings. The minimum absolute atomic E-state index is 0. The summed E-state index contributed by atoms with van der Waals surface area (Å²) in [6.07, 6.45) is 0. The van der Waals surface area contributed by atoms with Crippen LogP contribution in [0.2, 0.25) is 0 Å². The van der Waals surface area contributed by atoms with Crippen LogP contribution in [0.4, 0.5) is 0 Å². The maximum Gasteiger partial charge on any atom is 3.00 e. The van der Waals surface area contributed by atoms with Crippen molar-refractivity contribution in [3.05, 3.63) is 61.5 Å². The van der Waals surface area contributed by atoms with Gasteiger partial charge in [-0.25, -0.2) is 0 Å². The summed E-state index contributed by atoms with van der Waals surface area (Å²) in [4.78, 5) is 0. The average molecular weight is 422 g/mol. The third-order valence-corrected chi connectivity index (χ3v) is 0. The Bertz CT molecular complexity index is 26.3. The van der Waals surface area contributed by atoms with Crippen molar-refractivity contribution in [1.29, 1.82) is 0 Å². The van der Waals surface area contributed by atoms with Crippen molar-refractivity contribution in [3.8, 4) is 0 Å². The van der Waals surface area contributed by atoms with Crippen LogP contribution in [0.3, 0.4) is 0 Å². The SMILES string of the molecule is [Cl-].[Cl-].[Cl-].[Cl-].[Cr+3].[Cr+3].[NH2-].[NH2-].[NH2-].[NH2-].[NH2-].[NH2-].[NH2-].[NH2-].[NH2-].[NH2-].[O-2]. The largest absolute Gasteiger partial charge is 3.00 e. The molecule has 20 N–H and O–H groups in total. The summed E-state index contributed by atoms with van der Waals surface area (Å²) in [6, 6.07) is 0. The van der Waals surface area contributed by atoms with Crippen LogP contribution in [0, 0.1) is 0 Å². The Hall–Kier alpha value is 1.78. The smallest absolute Gasteiger partial charge is 2.00 e. The molecule has 0 rings (SSSR count). The Morgan fingerprint density at radius 1 is 0.235 bits per heavy atom. The van der Waals surface area contributed by atoms with Crippen LogP contribution < -0.4 is 49.6 Å². The normalized spacial score (nSPS) is 0. The van der Waals surface area contributed by atoms with E-state index in [1.165, 1.54) is 0 Å². The fourth-order valence-electron chi connectivity index (χ4n) is 0. The van der Waals surface area contributed by atoms with E-state index in [0.717, 1.165) is 0 Å². The summed E-state index contributed by atoms with van der Waals surface area (Å²) in [5, 5.41) is 0. The molecule has 0 aromatic carbocycles. The van der Waals surface area contributed by atoms with Gasteiger partial charge in [-0.3, -0.25) is 0 Å². The summed E-state index contributed by atoms with van der Waals surface area (Å²) >= 11 is 0. The predicted octanol–water partition coefficient (Wildman–Crippen LogP) is -4.94. The molecule has 0 fully saturated rings. The van der Waals surface area contributed by atoms with Gasteiger partial charge in [0.15, 0.2) is 0 Å². The molecule has 2 radical (unpaired) electrons. The molecule has 0 aliphatic rings. The van der Waals surface area contributed by atoms with Crippen molar-refractivity contribution in [1.82, 2.24) is 0 Å². The van der Waals surface area contributed by atoms with E-state index in [4.69, 9.17) is 0 Å². The minimum atomic E-state index is 0. The van der Waals surface area contributed by atoms with E-state index in [1.807, 2.05) is 0 Å². The number of halogens is 4.